The third-order valence-corrected chi connectivity index (χ3v) is 2.85. The summed E-state index contributed by atoms with van der Waals surface area (Å²) in [6, 6.07) is 4.69. The Hall–Kier alpha value is -1.75. The Labute approximate surface area is 119 Å². The Morgan fingerprint density at radius 3 is 2.20 bits per heavy atom. The lowest BCUT2D eigenvalue weighted by Gasteiger charge is -2.20. The van der Waals surface area contributed by atoms with Crippen LogP contribution < -0.4 is 9.47 Å². The summed E-state index contributed by atoms with van der Waals surface area (Å²) in [6.45, 7) is 6.26. The molecular formula is C15H22O5. The first-order valence-corrected chi connectivity index (χ1v) is 6.79. The van der Waals surface area contributed by atoms with Crippen molar-refractivity contribution in [2.45, 2.75) is 39.2 Å². The second-order valence-electron chi connectivity index (χ2n) is 4.74. The molecule has 1 unspecified atom stereocenters. The van der Waals surface area contributed by atoms with Crippen LogP contribution >= 0.6 is 0 Å². The van der Waals surface area contributed by atoms with Crippen LogP contribution in [0.5, 0.6) is 11.5 Å². The molecule has 0 bridgehead atoms. The van der Waals surface area contributed by atoms with E-state index in [4.69, 9.17) is 14.6 Å². The van der Waals surface area contributed by atoms with Crippen molar-refractivity contribution in [2.24, 2.45) is 0 Å². The quantitative estimate of drug-likeness (QED) is 0.766. The van der Waals surface area contributed by atoms with Crippen LogP contribution in [0.1, 0.15) is 39.2 Å². The smallest absolute Gasteiger partial charge is 0.340 e. The molecule has 112 valence electrons. The number of aliphatic carboxylic acids is 1. The molecule has 1 atom stereocenters. The molecule has 0 saturated heterocycles. The van der Waals surface area contributed by atoms with E-state index in [0.717, 1.165) is 12.8 Å². The lowest BCUT2D eigenvalue weighted by molar-refractivity contribution is -0.157. The largest absolute Gasteiger partial charge is 0.490 e. The van der Waals surface area contributed by atoms with Crippen molar-refractivity contribution >= 4 is 5.97 Å². The SMILES string of the molecule is CCCOc1ccc(C(C)(O)C(=O)O)cc1OCCC. The van der Waals surface area contributed by atoms with Gasteiger partial charge in [-0.1, -0.05) is 19.9 Å². The molecule has 0 aliphatic carbocycles. The molecule has 20 heavy (non-hydrogen) atoms. The van der Waals surface area contributed by atoms with Crippen LogP contribution in [0.2, 0.25) is 0 Å². The molecular weight excluding hydrogens is 260 g/mol. The Morgan fingerprint density at radius 2 is 1.70 bits per heavy atom. The summed E-state index contributed by atoms with van der Waals surface area (Å²) < 4.78 is 11.1. The lowest BCUT2D eigenvalue weighted by Crippen LogP contribution is -2.31. The van der Waals surface area contributed by atoms with Gasteiger partial charge in [0, 0.05) is 0 Å². The number of hydrogen-bond donors (Lipinski definition) is 2. The summed E-state index contributed by atoms with van der Waals surface area (Å²) in [4.78, 5) is 11.1. The Bertz CT molecular complexity index is 454. The zero-order valence-corrected chi connectivity index (χ0v) is 12.2. The van der Waals surface area contributed by atoms with Crippen molar-refractivity contribution in [1.29, 1.82) is 0 Å². The fraction of sp³-hybridized carbons (Fsp3) is 0.533. The van der Waals surface area contributed by atoms with Gasteiger partial charge in [0.25, 0.3) is 0 Å². The van der Waals surface area contributed by atoms with Gasteiger partial charge in [-0.05, 0) is 37.5 Å². The molecule has 5 heteroatoms. The highest BCUT2D eigenvalue weighted by Gasteiger charge is 2.33. The van der Waals surface area contributed by atoms with Crippen molar-refractivity contribution in [1.82, 2.24) is 0 Å². The van der Waals surface area contributed by atoms with E-state index in [0.29, 0.717) is 24.7 Å². The summed E-state index contributed by atoms with van der Waals surface area (Å²) in [7, 11) is 0. The molecule has 1 rings (SSSR count). The maximum Gasteiger partial charge on any atom is 0.340 e. The molecule has 2 N–H and O–H groups in total. The van der Waals surface area contributed by atoms with Crippen LogP contribution in [0.4, 0.5) is 0 Å². The Balaban J connectivity index is 3.09. The van der Waals surface area contributed by atoms with E-state index in [9.17, 15) is 9.90 Å². The number of aliphatic hydroxyl groups is 1. The fourth-order valence-corrected chi connectivity index (χ4v) is 1.59. The summed E-state index contributed by atoms with van der Waals surface area (Å²) >= 11 is 0. The molecule has 0 heterocycles. The number of ether oxygens (including phenoxy) is 2. The average Bonchev–Trinajstić information content (AvgIpc) is 2.42. The normalized spacial score (nSPS) is 13.6. The van der Waals surface area contributed by atoms with E-state index in [-0.39, 0.29) is 5.56 Å². The van der Waals surface area contributed by atoms with Gasteiger partial charge in [-0.3, -0.25) is 0 Å². The maximum absolute atomic E-state index is 11.1. The molecule has 0 spiro atoms. The standard InChI is InChI=1S/C15H22O5/c1-4-8-19-12-7-6-11(15(3,18)14(16)17)10-13(12)20-9-5-2/h6-7,10,18H,4-5,8-9H2,1-3H3,(H,16,17). The summed E-state index contributed by atoms with van der Waals surface area (Å²) in [5.41, 5.74) is -1.69. The highest BCUT2D eigenvalue weighted by atomic mass is 16.5. The molecule has 0 saturated carbocycles. The summed E-state index contributed by atoms with van der Waals surface area (Å²) in [5.74, 6) is -0.286. The number of hydrogen-bond acceptors (Lipinski definition) is 4. The van der Waals surface area contributed by atoms with Crippen LogP contribution in [-0.4, -0.2) is 29.4 Å². The number of benzene rings is 1. The maximum atomic E-state index is 11.1. The van der Waals surface area contributed by atoms with E-state index < -0.39 is 11.6 Å². The fourth-order valence-electron chi connectivity index (χ4n) is 1.59. The Kier molecular flexibility index (Phi) is 5.82. The topological polar surface area (TPSA) is 76.0 Å². The van der Waals surface area contributed by atoms with Crippen molar-refractivity contribution in [3.8, 4) is 11.5 Å². The molecule has 0 fully saturated rings. The zero-order valence-electron chi connectivity index (χ0n) is 12.2. The molecule has 0 amide bonds. The predicted octanol–water partition coefficient (Wildman–Crippen LogP) is 2.56. The minimum Gasteiger partial charge on any atom is -0.490 e. The first kappa shape index (κ1) is 16.3. The second kappa shape index (κ2) is 7.14. The van der Waals surface area contributed by atoms with Gasteiger partial charge in [0.1, 0.15) is 0 Å². The van der Waals surface area contributed by atoms with Crippen LogP contribution in [0, 0.1) is 0 Å². The molecule has 1 aromatic carbocycles. The van der Waals surface area contributed by atoms with Crippen molar-refractivity contribution in [3.05, 3.63) is 23.8 Å². The molecule has 5 nitrogen and oxygen atoms in total. The van der Waals surface area contributed by atoms with E-state index in [1.807, 2.05) is 13.8 Å². The van der Waals surface area contributed by atoms with Crippen LogP contribution in [0.15, 0.2) is 18.2 Å². The highest BCUT2D eigenvalue weighted by molar-refractivity contribution is 5.78. The monoisotopic (exact) mass is 282 g/mol. The van der Waals surface area contributed by atoms with Gasteiger partial charge in [-0.15, -0.1) is 0 Å². The van der Waals surface area contributed by atoms with E-state index >= 15 is 0 Å². The molecule has 1 aromatic rings. The molecule has 0 aromatic heterocycles. The number of carboxylic acids is 1. The number of carbonyl (C=O) groups is 1. The molecule has 0 aliphatic rings. The van der Waals surface area contributed by atoms with E-state index in [1.54, 1.807) is 6.07 Å². The number of rotatable bonds is 8. The van der Waals surface area contributed by atoms with Gasteiger partial charge in [-0.2, -0.15) is 0 Å². The lowest BCUT2D eigenvalue weighted by atomic mass is 9.96. The van der Waals surface area contributed by atoms with Crippen LogP contribution in [0.25, 0.3) is 0 Å². The first-order chi connectivity index (χ1) is 9.43. The van der Waals surface area contributed by atoms with Gasteiger partial charge in [0.05, 0.1) is 13.2 Å². The van der Waals surface area contributed by atoms with Crippen molar-refractivity contribution in [2.75, 3.05) is 13.2 Å². The second-order valence-corrected chi connectivity index (χ2v) is 4.74. The van der Waals surface area contributed by atoms with Gasteiger partial charge in [-0.25, -0.2) is 4.79 Å². The van der Waals surface area contributed by atoms with E-state index in [2.05, 4.69) is 0 Å². The van der Waals surface area contributed by atoms with Crippen molar-refractivity contribution in [3.63, 3.8) is 0 Å². The van der Waals surface area contributed by atoms with Gasteiger partial charge >= 0.3 is 5.97 Å². The third kappa shape index (κ3) is 3.87. The molecule has 0 radical (unpaired) electrons. The Morgan fingerprint density at radius 1 is 1.15 bits per heavy atom. The van der Waals surface area contributed by atoms with Gasteiger partial charge in [0.15, 0.2) is 17.1 Å². The van der Waals surface area contributed by atoms with Gasteiger partial charge < -0.3 is 19.7 Å². The van der Waals surface area contributed by atoms with E-state index in [1.165, 1.54) is 19.1 Å². The first-order valence-electron chi connectivity index (χ1n) is 6.79. The molecule has 0 aliphatic heterocycles. The summed E-state index contributed by atoms with van der Waals surface area (Å²) in [6.07, 6.45) is 1.69. The summed E-state index contributed by atoms with van der Waals surface area (Å²) in [5, 5.41) is 19.0. The van der Waals surface area contributed by atoms with Crippen LogP contribution in [-0.2, 0) is 10.4 Å². The minimum atomic E-state index is -1.95. The third-order valence-electron chi connectivity index (χ3n) is 2.85. The van der Waals surface area contributed by atoms with Crippen LogP contribution in [0.3, 0.4) is 0 Å². The number of carboxylic acid groups (broad SMARTS) is 1. The van der Waals surface area contributed by atoms with Crippen molar-refractivity contribution < 1.29 is 24.5 Å². The highest BCUT2D eigenvalue weighted by Crippen LogP contribution is 2.33. The minimum absolute atomic E-state index is 0.264. The zero-order chi connectivity index (χ0) is 15.2. The average molecular weight is 282 g/mol. The predicted molar refractivity (Wildman–Crippen MR) is 75.2 cm³/mol. The van der Waals surface area contributed by atoms with Gasteiger partial charge in [0.2, 0.25) is 0 Å².